The molecule has 0 aliphatic heterocycles. The number of rotatable bonds is 12. The number of carboxylic acids is 1. The zero-order valence-electron chi connectivity index (χ0n) is 14.3. The number of benzene rings is 1. The van der Waals surface area contributed by atoms with Gasteiger partial charge in [-0.2, -0.15) is 0 Å². The van der Waals surface area contributed by atoms with Gasteiger partial charge in [0.15, 0.2) is 0 Å². The Balaban J connectivity index is 2.49. The Labute approximate surface area is 135 Å². The SMILES string of the molecule is CCCCCCCCC(CCC(=O)O)c1ccc(CC)cc1. The summed E-state index contributed by atoms with van der Waals surface area (Å²) in [6, 6.07) is 8.76. The molecule has 1 N–H and O–H groups in total. The first-order valence-electron chi connectivity index (χ1n) is 8.98. The van der Waals surface area contributed by atoms with Crippen molar-refractivity contribution in [2.24, 2.45) is 0 Å². The highest BCUT2D eigenvalue weighted by Gasteiger charge is 2.13. The number of carboxylic acid groups (broad SMARTS) is 1. The Kier molecular flexibility index (Phi) is 9.61. The average Bonchev–Trinajstić information content (AvgIpc) is 2.53. The normalized spacial score (nSPS) is 12.3. The van der Waals surface area contributed by atoms with Crippen molar-refractivity contribution in [1.82, 2.24) is 0 Å². The average molecular weight is 304 g/mol. The number of unbranched alkanes of at least 4 members (excludes halogenated alkanes) is 5. The van der Waals surface area contributed by atoms with Crippen LogP contribution in [0.5, 0.6) is 0 Å². The first-order chi connectivity index (χ1) is 10.7. The lowest BCUT2D eigenvalue weighted by atomic mass is 9.88. The molecule has 1 aromatic carbocycles. The fourth-order valence-corrected chi connectivity index (χ4v) is 2.97. The fraction of sp³-hybridized carbons (Fsp3) is 0.650. The molecule has 0 aromatic heterocycles. The summed E-state index contributed by atoms with van der Waals surface area (Å²) in [5, 5.41) is 8.96. The molecule has 0 amide bonds. The quantitative estimate of drug-likeness (QED) is 0.485. The van der Waals surface area contributed by atoms with Crippen molar-refractivity contribution in [3.8, 4) is 0 Å². The van der Waals surface area contributed by atoms with E-state index in [1.54, 1.807) is 0 Å². The number of aryl methyl sites for hydroxylation is 1. The van der Waals surface area contributed by atoms with Gasteiger partial charge >= 0.3 is 5.97 Å². The standard InChI is InChI=1S/C20H32O2/c1-3-5-6-7-8-9-10-18(15-16-20(21)22)19-13-11-17(4-2)12-14-19/h11-14,18H,3-10,15-16H2,1-2H3,(H,21,22). The lowest BCUT2D eigenvalue weighted by Crippen LogP contribution is -2.04. The van der Waals surface area contributed by atoms with Gasteiger partial charge in [-0.15, -0.1) is 0 Å². The van der Waals surface area contributed by atoms with Gasteiger partial charge in [-0.1, -0.05) is 76.6 Å². The van der Waals surface area contributed by atoms with E-state index in [0.29, 0.717) is 5.92 Å². The molecule has 0 heterocycles. The van der Waals surface area contributed by atoms with E-state index < -0.39 is 5.97 Å². The van der Waals surface area contributed by atoms with E-state index in [9.17, 15) is 4.79 Å². The highest BCUT2D eigenvalue weighted by molar-refractivity contribution is 5.66. The maximum Gasteiger partial charge on any atom is 0.303 e. The summed E-state index contributed by atoms with van der Waals surface area (Å²) < 4.78 is 0. The molecule has 2 heteroatoms. The molecule has 0 bridgehead atoms. The molecule has 124 valence electrons. The van der Waals surface area contributed by atoms with Gasteiger partial charge in [-0.05, 0) is 36.3 Å². The monoisotopic (exact) mass is 304 g/mol. The van der Waals surface area contributed by atoms with E-state index in [-0.39, 0.29) is 6.42 Å². The van der Waals surface area contributed by atoms with Gasteiger partial charge in [0, 0.05) is 6.42 Å². The fourth-order valence-electron chi connectivity index (χ4n) is 2.97. The van der Waals surface area contributed by atoms with E-state index in [0.717, 1.165) is 19.3 Å². The van der Waals surface area contributed by atoms with Crippen molar-refractivity contribution < 1.29 is 9.90 Å². The van der Waals surface area contributed by atoms with Crippen LogP contribution in [0.1, 0.15) is 88.7 Å². The maximum atomic E-state index is 10.9. The van der Waals surface area contributed by atoms with Crippen molar-refractivity contribution in [2.45, 2.75) is 84.0 Å². The lowest BCUT2D eigenvalue weighted by molar-refractivity contribution is -0.137. The minimum absolute atomic E-state index is 0.274. The molecular formula is C20H32O2. The molecule has 0 saturated heterocycles. The summed E-state index contributed by atoms with van der Waals surface area (Å²) in [4.78, 5) is 10.9. The van der Waals surface area contributed by atoms with Crippen LogP contribution in [0.25, 0.3) is 0 Å². The third-order valence-corrected chi connectivity index (χ3v) is 4.47. The Hall–Kier alpha value is -1.31. The molecule has 0 saturated carbocycles. The maximum absolute atomic E-state index is 10.9. The second kappa shape index (κ2) is 11.3. The Morgan fingerprint density at radius 1 is 0.955 bits per heavy atom. The van der Waals surface area contributed by atoms with Gasteiger partial charge in [0.05, 0.1) is 0 Å². The van der Waals surface area contributed by atoms with Gasteiger partial charge in [0.25, 0.3) is 0 Å². The highest BCUT2D eigenvalue weighted by Crippen LogP contribution is 2.28. The molecular weight excluding hydrogens is 272 g/mol. The largest absolute Gasteiger partial charge is 0.481 e. The molecule has 0 spiro atoms. The van der Waals surface area contributed by atoms with Crippen LogP contribution in [-0.4, -0.2) is 11.1 Å². The van der Waals surface area contributed by atoms with Gasteiger partial charge in [0.1, 0.15) is 0 Å². The predicted molar refractivity (Wildman–Crippen MR) is 93.4 cm³/mol. The second-order valence-electron chi connectivity index (χ2n) is 6.28. The van der Waals surface area contributed by atoms with Crippen molar-refractivity contribution in [3.05, 3.63) is 35.4 Å². The molecule has 0 aliphatic carbocycles. The molecule has 0 aliphatic rings. The van der Waals surface area contributed by atoms with E-state index in [2.05, 4.69) is 38.1 Å². The lowest BCUT2D eigenvalue weighted by Gasteiger charge is -2.17. The summed E-state index contributed by atoms with van der Waals surface area (Å²) in [5.41, 5.74) is 2.66. The molecule has 1 unspecified atom stereocenters. The number of hydrogen-bond acceptors (Lipinski definition) is 1. The van der Waals surface area contributed by atoms with Gasteiger partial charge in [-0.25, -0.2) is 0 Å². The highest BCUT2D eigenvalue weighted by atomic mass is 16.4. The zero-order chi connectivity index (χ0) is 16.2. The Morgan fingerprint density at radius 2 is 1.59 bits per heavy atom. The predicted octanol–water partition coefficient (Wildman–Crippen LogP) is 5.95. The van der Waals surface area contributed by atoms with E-state index in [1.165, 1.54) is 49.7 Å². The van der Waals surface area contributed by atoms with E-state index in [4.69, 9.17) is 5.11 Å². The van der Waals surface area contributed by atoms with Gasteiger partial charge in [-0.3, -0.25) is 4.79 Å². The summed E-state index contributed by atoms with van der Waals surface area (Å²) in [7, 11) is 0. The van der Waals surface area contributed by atoms with Crippen molar-refractivity contribution in [2.75, 3.05) is 0 Å². The van der Waals surface area contributed by atoms with E-state index in [1.807, 2.05) is 0 Å². The van der Waals surface area contributed by atoms with Gasteiger partial charge in [0.2, 0.25) is 0 Å². The number of hydrogen-bond donors (Lipinski definition) is 1. The first-order valence-corrected chi connectivity index (χ1v) is 8.98. The smallest absolute Gasteiger partial charge is 0.303 e. The zero-order valence-corrected chi connectivity index (χ0v) is 14.3. The molecule has 0 radical (unpaired) electrons. The Bertz CT molecular complexity index is 408. The van der Waals surface area contributed by atoms with Crippen LogP contribution in [0.3, 0.4) is 0 Å². The minimum Gasteiger partial charge on any atom is -0.481 e. The molecule has 2 nitrogen and oxygen atoms in total. The summed E-state index contributed by atoms with van der Waals surface area (Å²) in [5.74, 6) is -0.286. The third-order valence-electron chi connectivity index (χ3n) is 4.47. The third kappa shape index (κ3) is 7.63. The molecule has 22 heavy (non-hydrogen) atoms. The second-order valence-corrected chi connectivity index (χ2v) is 6.28. The summed E-state index contributed by atoms with van der Waals surface area (Å²) in [6.45, 7) is 4.40. The van der Waals surface area contributed by atoms with Crippen LogP contribution in [0.15, 0.2) is 24.3 Å². The summed E-state index contributed by atoms with van der Waals surface area (Å²) in [6.07, 6.45) is 11.0. The Morgan fingerprint density at radius 3 is 2.18 bits per heavy atom. The van der Waals surface area contributed by atoms with Crippen LogP contribution < -0.4 is 0 Å². The van der Waals surface area contributed by atoms with Crippen LogP contribution in [-0.2, 0) is 11.2 Å². The molecule has 1 atom stereocenters. The molecule has 1 rings (SSSR count). The van der Waals surface area contributed by atoms with E-state index >= 15 is 0 Å². The van der Waals surface area contributed by atoms with Gasteiger partial charge < -0.3 is 5.11 Å². The minimum atomic E-state index is -0.682. The molecule has 1 aromatic rings. The van der Waals surface area contributed by atoms with Crippen LogP contribution in [0.2, 0.25) is 0 Å². The number of aliphatic carboxylic acids is 1. The van der Waals surface area contributed by atoms with Crippen molar-refractivity contribution in [3.63, 3.8) is 0 Å². The molecule has 0 fully saturated rings. The van der Waals surface area contributed by atoms with Crippen molar-refractivity contribution in [1.29, 1.82) is 0 Å². The first kappa shape index (κ1) is 18.7. The van der Waals surface area contributed by atoms with Crippen molar-refractivity contribution >= 4 is 5.97 Å². The van der Waals surface area contributed by atoms with Crippen LogP contribution in [0.4, 0.5) is 0 Å². The topological polar surface area (TPSA) is 37.3 Å². The number of carbonyl (C=O) groups is 1. The summed E-state index contributed by atoms with van der Waals surface area (Å²) >= 11 is 0. The van der Waals surface area contributed by atoms with Crippen LogP contribution in [0, 0.1) is 0 Å². The van der Waals surface area contributed by atoms with Crippen LogP contribution >= 0.6 is 0 Å².